The van der Waals surface area contributed by atoms with Crippen molar-refractivity contribution in [2.75, 3.05) is 0 Å². The summed E-state index contributed by atoms with van der Waals surface area (Å²) in [5, 5.41) is 0. The van der Waals surface area contributed by atoms with Crippen LogP contribution in [0.25, 0.3) is 5.57 Å². The second kappa shape index (κ2) is 11.7. The van der Waals surface area contributed by atoms with Gasteiger partial charge in [-0.15, -0.1) is 0 Å². The van der Waals surface area contributed by atoms with Crippen molar-refractivity contribution < 1.29 is 17.6 Å². The minimum absolute atomic E-state index is 0.000667. The van der Waals surface area contributed by atoms with Gasteiger partial charge in [-0.25, -0.2) is 17.6 Å². The van der Waals surface area contributed by atoms with Crippen molar-refractivity contribution in [1.82, 2.24) is 0 Å². The second-order valence-corrected chi connectivity index (χ2v) is 6.61. The molecule has 0 radical (unpaired) electrons. The molecule has 1 rings (SSSR count). The Morgan fingerprint density at radius 2 is 1.25 bits per heavy atom. The first-order valence-corrected chi connectivity index (χ1v) is 9.87. The van der Waals surface area contributed by atoms with Gasteiger partial charge in [-0.3, -0.25) is 0 Å². The van der Waals surface area contributed by atoms with Crippen LogP contribution in [0.15, 0.2) is 53.2 Å². The van der Waals surface area contributed by atoms with Gasteiger partial charge < -0.3 is 0 Å². The summed E-state index contributed by atoms with van der Waals surface area (Å²) in [5.74, 6) is -4.20. The van der Waals surface area contributed by atoms with Crippen LogP contribution in [0.3, 0.4) is 0 Å². The topological polar surface area (TPSA) is 0 Å². The van der Waals surface area contributed by atoms with E-state index in [1.54, 1.807) is 6.08 Å². The molecule has 1 aromatic rings. The fraction of sp³-hybridized carbons (Fsp3) is 0.417. The summed E-state index contributed by atoms with van der Waals surface area (Å²) in [4.78, 5) is 0. The van der Waals surface area contributed by atoms with Crippen LogP contribution in [0.1, 0.15) is 65.9 Å². The third kappa shape index (κ3) is 6.50. The summed E-state index contributed by atoms with van der Waals surface area (Å²) >= 11 is 0. The Hall–Kier alpha value is -2.10. The molecule has 0 aliphatic heterocycles. The van der Waals surface area contributed by atoms with Crippen LogP contribution >= 0.6 is 0 Å². The number of hydrogen-bond donors (Lipinski definition) is 0. The lowest BCUT2D eigenvalue weighted by Gasteiger charge is -2.11. The van der Waals surface area contributed by atoms with E-state index in [2.05, 4.69) is 26.0 Å². The van der Waals surface area contributed by atoms with E-state index in [0.717, 1.165) is 49.0 Å². The molecule has 0 saturated carbocycles. The SMILES string of the molecule is CCC(=C/C=C(CC)/C(=C/C=C(/c1cc(F)c(F)c(F)c1)C(C)F)CC)CC. The first-order chi connectivity index (χ1) is 13.3. The first-order valence-electron chi connectivity index (χ1n) is 9.87. The maximum Gasteiger partial charge on any atom is 0.194 e. The van der Waals surface area contributed by atoms with Crippen LogP contribution in [0, 0.1) is 17.5 Å². The monoisotopic (exact) mass is 394 g/mol. The summed E-state index contributed by atoms with van der Waals surface area (Å²) in [6.45, 7) is 9.57. The number of benzene rings is 1. The molecule has 0 aliphatic carbocycles. The number of allylic oxidation sites excluding steroid dienone is 8. The molecule has 0 bridgehead atoms. The average molecular weight is 394 g/mol. The smallest absolute Gasteiger partial charge is 0.194 e. The molecule has 0 aliphatic rings. The van der Waals surface area contributed by atoms with Crippen molar-refractivity contribution in [1.29, 1.82) is 0 Å². The van der Waals surface area contributed by atoms with Gasteiger partial charge in [-0.1, -0.05) is 57.6 Å². The molecule has 1 aromatic carbocycles. The van der Waals surface area contributed by atoms with E-state index in [0.29, 0.717) is 0 Å². The Morgan fingerprint density at radius 3 is 1.64 bits per heavy atom. The zero-order valence-corrected chi connectivity index (χ0v) is 17.4. The summed E-state index contributed by atoms with van der Waals surface area (Å²) in [7, 11) is 0. The fourth-order valence-corrected chi connectivity index (χ4v) is 2.98. The van der Waals surface area contributed by atoms with Gasteiger partial charge in [0.2, 0.25) is 0 Å². The lowest BCUT2D eigenvalue weighted by atomic mass is 9.96. The van der Waals surface area contributed by atoms with Crippen LogP contribution in [0.5, 0.6) is 0 Å². The molecule has 0 aromatic heterocycles. The maximum absolute atomic E-state index is 14.1. The predicted molar refractivity (Wildman–Crippen MR) is 110 cm³/mol. The lowest BCUT2D eigenvalue weighted by Crippen LogP contribution is -2.01. The van der Waals surface area contributed by atoms with Gasteiger partial charge in [-0.2, -0.15) is 0 Å². The van der Waals surface area contributed by atoms with Crippen molar-refractivity contribution >= 4 is 5.57 Å². The molecule has 1 unspecified atom stereocenters. The number of alkyl halides is 1. The van der Waals surface area contributed by atoms with Crippen LogP contribution in [-0.4, -0.2) is 6.17 Å². The molecular formula is C24H30F4. The number of halogens is 4. The highest BCUT2D eigenvalue weighted by Crippen LogP contribution is 2.26. The Labute approximate surface area is 166 Å². The van der Waals surface area contributed by atoms with Gasteiger partial charge in [0.25, 0.3) is 0 Å². The van der Waals surface area contributed by atoms with Crippen molar-refractivity contribution in [3.05, 3.63) is 76.2 Å². The largest absolute Gasteiger partial charge is 0.243 e. The summed E-state index contributed by atoms with van der Waals surface area (Å²) in [6, 6.07) is 1.65. The van der Waals surface area contributed by atoms with Gasteiger partial charge in [0.1, 0.15) is 6.17 Å². The van der Waals surface area contributed by atoms with Gasteiger partial charge in [0.05, 0.1) is 0 Å². The van der Waals surface area contributed by atoms with E-state index in [1.165, 1.54) is 18.6 Å². The molecule has 154 valence electrons. The van der Waals surface area contributed by atoms with Crippen LogP contribution in [0.2, 0.25) is 0 Å². The minimum Gasteiger partial charge on any atom is -0.243 e. The number of hydrogen-bond acceptors (Lipinski definition) is 0. The van der Waals surface area contributed by atoms with Crippen molar-refractivity contribution in [2.45, 2.75) is 66.5 Å². The van der Waals surface area contributed by atoms with E-state index in [1.807, 2.05) is 13.8 Å². The third-order valence-corrected chi connectivity index (χ3v) is 4.81. The van der Waals surface area contributed by atoms with Crippen LogP contribution in [-0.2, 0) is 0 Å². The van der Waals surface area contributed by atoms with Crippen molar-refractivity contribution in [3.63, 3.8) is 0 Å². The molecule has 0 amide bonds. The Morgan fingerprint density at radius 1 is 0.786 bits per heavy atom. The van der Waals surface area contributed by atoms with Crippen molar-refractivity contribution in [2.24, 2.45) is 0 Å². The van der Waals surface area contributed by atoms with Gasteiger partial charge in [0.15, 0.2) is 17.5 Å². The van der Waals surface area contributed by atoms with E-state index in [4.69, 9.17) is 0 Å². The standard InChI is InChI=1S/C24H30F4/c1-6-17(7-2)10-11-18(8-3)19(9-4)12-13-21(16(5)25)20-14-22(26)24(28)23(27)15-20/h10-16H,6-9H2,1-5H3/b18-11+,19-12+,21-13+. The molecule has 0 N–H and O–H groups in total. The second-order valence-electron chi connectivity index (χ2n) is 6.61. The summed E-state index contributed by atoms with van der Waals surface area (Å²) < 4.78 is 54.5. The Kier molecular flexibility index (Phi) is 9.98. The van der Waals surface area contributed by atoms with E-state index < -0.39 is 23.6 Å². The zero-order valence-electron chi connectivity index (χ0n) is 17.4. The maximum atomic E-state index is 14.1. The van der Waals surface area contributed by atoms with Gasteiger partial charge >= 0.3 is 0 Å². The molecule has 0 fully saturated rings. The zero-order chi connectivity index (χ0) is 21.3. The molecule has 0 spiro atoms. The van der Waals surface area contributed by atoms with Gasteiger partial charge in [-0.05, 0) is 67.0 Å². The fourth-order valence-electron chi connectivity index (χ4n) is 2.98. The Balaban J connectivity index is 3.39. The average Bonchev–Trinajstić information content (AvgIpc) is 2.67. The van der Waals surface area contributed by atoms with Crippen LogP contribution < -0.4 is 0 Å². The van der Waals surface area contributed by atoms with E-state index >= 15 is 0 Å². The highest BCUT2D eigenvalue weighted by molar-refractivity contribution is 5.70. The van der Waals surface area contributed by atoms with Gasteiger partial charge in [0, 0.05) is 0 Å². The highest BCUT2D eigenvalue weighted by Gasteiger charge is 2.16. The van der Waals surface area contributed by atoms with E-state index in [9.17, 15) is 17.6 Å². The first kappa shape index (κ1) is 23.9. The summed E-state index contributed by atoms with van der Waals surface area (Å²) in [6.07, 6.45) is 9.58. The predicted octanol–water partition coefficient (Wildman–Crippen LogP) is 8.26. The molecular weight excluding hydrogens is 364 g/mol. The molecule has 28 heavy (non-hydrogen) atoms. The minimum atomic E-state index is -1.55. The lowest BCUT2D eigenvalue weighted by molar-refractivity contribution is 0.436. The quantitative estimate of drug-likeness (QED) is 0.225. The number of rotatable bonds is 9. The highest BCUT2D eigenvalue weighted by atomic mass is 19.2. The van der Waals surface area contributed by atoms with Crippen molar-refractivity contribution in [3.8, 4) is 0 Å². The third-order valence-electron chi connectivity index (χ3n) is 4.81. The molecule has 4 heteroatoms. The molecule has 0 nitrogen and oxygen atoms in total. The van der Waals surface area contributed by atoms with E-state index in [-0.39, 0.29) is 11.1 Å². The van der Waals surface area contributed by atoms with Crippen LogP contribution in [0.4, 0.5) is 17.6 Å². The molecule has 1 atom stereocenters. The normalized spacial score (nSPS) is 14.2. The summed E-state index contributed by atoms with van der Waals surface area (Å²) in [5.41, 5.74) is 3.59. The Bertz CT molecular complexity index is 751. The molecule has 0 heterocycles. The molecule has 0 saturated heterocycles.